The van der Waals surface area contributed by atoms with Gasteiger partial charge in [0.15, 0.2) is 0 Å². The van der Waals surface area contributed by atoms with Crippen molar-refractivity contribution in [3.05, 3.63) is 36.5 Å². The van der Waals surface area contributed by atoms with E-state index < -0.39 is 20.0 Å². The third-order valence-corrected chi connectivity index (χ3v) is 14.5. The summed E-state index contributed by atoms with van der Waals surface area (Å²) in [6.45, 7) is 6.84. The van der Waals surface area contributed by atoms with Crippen LogP contribution in [0.15, 0.2) is 36.5 Å². The van der Waals surface area contributed by atoms with Crippen LogP contribution < -0.4 is 10.2 Å². The van der Waals surface area contributed by atoms with Crippen LogP contribution in [0.5, 0.6) is 0 Å². The lowest BCUT2D eigenvalue weighted by molar-refractivity contribution is -0.870. The van der Waals surface area contributed by atoms with Crippen molar-refractivity contribution in [1.29, 1.82) is 0 Å². The van der Waals surface area contributed by atoms with Gasteiger partial charge in [0.05, 0.1) is 33.8 Å². The highest BCUT2D eigenvalue weighted by Gasteiger charge is 2.27. The van der Waals surface area contributed by atoms with Gasteiger partial charge in [0.1, 0.15) is 19.3 Å². The van der Waals surface area contributed by atoms with Crippen molar-refractivity contribution in [2.45, 2.75) is 303 Å². The first kappa shape index (κ1) is 69.2. The molecule has 0 aromatic rings. The molecule has 71 heavy (non-hydrogen) atoms. The molecule has 0 aromatic carbocycles. The minimum atomic E-state index is -4.69. The van der Waals surface area contributed by atoms with E-state index in [1.165, 1.54) is 193 Å². The van der Waals surface area contributed by atoms with Crippen LogP contribution in [0.2, 0.25) is 0 Å². The Balaban J connectivity index is 5.28. The molecular formula is C61H117N2O7P. The summed E-state index contributed by atoms with van der Waals surface area (Å²) in [6.07, 6.45) is 61.0. The van der Waals surface area contributed by atoms with Crippen molar-refractivity contribution in [3.8, 4) is 0 Å². The summed E-state index contributed by atoms with van der Waals surface area (Å²) in [5.41, 5.74) is 0. The highest BCUT2D eigenvalue weighted by Crippen LogP contribution is 2.38. The molecular weight excluding hydrogens is 904 g/mol. The molecule has 3 unspecified atom stereocenters. The fourth-order valence-electron chi connectivity index (χ4n) is 8.85. The average Bonchev–Trinajstić information content (AvgIpc) is 3.33. The van der Waals surface area contributed by atoms with E-state index in [1.807, 2.05) is 33.3 Å². The SMILES string of the molecule is CCCCC/C=C\C/C=C\CCCCCCCCCCCC(=O)OC(/C=C/CCCCCCCCCCCCC)C(COP(=O)([O-])OCC[N+](C)(C)C)NC(=O)CCCCCCCCCCCCCCC. The molecule has 0 bridgehead atoms. The number of carbonyl (C=O) groups excluding carboxylic acids is 2. The molecule has 0 aromatic heterocycles. The van der Waals surface area contributed by atoms with E-state index in [-0.39, 0.29) is 31.5 Å². The Hall–Kier alpha value is -1.77. The minimum absolute atomic E-state index is 0.0206. The van der Waals surface area contributed by atoms with Gasteiger partial charge in [-0.1, -0.05) is 250 Å². The number of esters is 1. The summed E-state index contributed by atoms with van der Waals surface area (Å²) >= 11 is 0. The van der Waals surface area contributed by atoms with Crippen LogP contribution in [-0.4, -0.2) is 69.4 Å². The number of quaternary nitrogens is 1. The lowest BCUT2D eigenvalue weighted by atomic mass is 10.0. The Morgan fingerprint density at radius 1 is 0.493 bits per heavy atom. The van der Waals surface area contributed by atoms with Crippen molar-refractivity contribution in [1.82, 2.24) is 5.32 Å². The number of hydrogen-bond donors (Lipinski definition) is 1. The molecule has 0 aliphatic rings. The van der Waals surface area contributed by atoms with Crippen LogP contribution in [-0.2, 0) is 27.9 Å². The first-order valence-electron chi connectivity index (χ1n) is 30.3. The van der Waals surface area contributed by atoms with Crippen LogP contribution in [0, 0.1) is 0 Å². The minimum Gasteiger partial charge on any atom is -0.756 e. The molecule has 0 heterocycles. The summed E-state index contributed by atoms with van der Waals surface area (Å²) in [6, 6.07) is -0.885. The Morgan fingerprint density at radius 3 is 1.30 bits per heavy atom. The molecule has 0 rings (SSSR count). The largest absolute Gasteiger partial charge is 0.756 e. The molecule has 1 amide bonds. The molecule has 10 heteroatoms. The normalized spacial score (nSPS) is 14.0. The second-order valence-corrected chi connectivity index (χ2v) is 23.3. The molecule has 0 saturated carbocycles. The number of unbranched alkanes of at least 4 members (excludes halogenated alkanes) is 35. The molecule has 0 aliphatic heterocycles. The van der Waals surface area contributed by atoms with E-state index in [1.54, 1.807) is 0 Å². The van der Waals surface area contributed by atoms with Crippen LogP contribution in [0.25, 0.3) is 0 Å². The highest BCUT2D eigenvalue weighted by molar-refractivity contribution is 7.45. The Morgan fingerprint density at radius 2 is 0.859 bits per heavy atom. The number of carbonyl (C=O) groups is 2. The van der Waals surface area contributed by atoms with Gasteiger partial charge in [-0.3, -0.25) is 14.2 Å². The van der Waals surface area contributed by atoms with Gasteiger partial charge in [0.2, 0.25) is 5.91 Å². The number of nitrogens with zero attached hydrogens (tertiary/aromatic N) is 1. The van der Waals surface area contributed by atoms with Gasteiger partial charge in [0.25, 0.3) is 7.82 Å². The van der Waals surface area contributed by atoms with Gasteiger partial charge >= 0.3 is 5.97 Å². The van der Waals surface area contributed by atoms with Crippen molar-refractivity contribution >= 4 is 19.7 Å². The Labute approximate surface area is 440 Å². The third kappa shape index (κ3) is 52.9. The van der Waals surface area contributed by atoms with Crippen molar-refractivity contribution in [3.63, 3.8) is 0 Å². The summed E-state index contributed by atoms with van der Waals surface area (Å²) in [7, 11) is 1.19. The van der Waals surface area contributed by atoms with E-state index >= 15 is 0 Å². The van der Waals surface area contributed by atoms with Gasteiger partial charge in [-0.05, 0) is 63.9 Å². The maximum Gasteiger partial charge on any atom is 0.306 e. The topological polar surface area (TPSA) is 114 Å². The number of phosphoric ester groups is 1. The number of rotatable bonds is 55. The lowest BCUT2D eigenvalue weighted by Crippen LogP contribution is -2.47. The van der Waals surface area contributed by atoms with Crippen molar-refractivity contribution < 1.29 is 37.3 Å². The number of phosphoric acid groups is 1. The molecule has 0 radical (unpaired) electrons. The van der Waals surface area contributed by atoms with Gasteiger partial charge in [-0.25, -0.2) is 0 Å². The van der Waals surface area contributed by atoms with Crippen LogP contribution in [0.3, 0.4) is 0 Å². The molecule has 0 spiro atoms. The van der Waals surface area contributed by atoms with E-state index in [9.17, 15) is 19.0 Å². The summed E-state index contributed by atoms with van der Waals surface area (Å²) in [4.78, 5) is 39.9. The maximum atomic E-state index is 13.5. The average molecular weight is 1020 g/mol. The molecule has 418 valence electrons. The Bertz CT molecular complexity index is 1310. The van der Waals surface area contributed by atoms with Gasteiger partial charge in [0, 0.05) is 12.8 Å². The van der Waals surface area contributed by atoms with Gasteiger partial charge < -0.3 is 28.5 Å². The van der Waals surface area contributed by atoms with Crippen LogP contribution >= 0.6 is 7.82 Å². The van der Waals surface area contributed by atoms with Crippen molar-refractivity contribution in [2.24, 2.45) is 0 Å². The molecule has 0 fully saturated rings. The predicted octanol–water partition coefficient (Wildman–Crippen LogP) is 17.7. The third-order valence-electron chi connectivity index (χ3n) is 13.6. The summed E-state index contributed by atoms with van der Waals surface area (Å²) in [5, 5.41) is 3.03. The quantitative estimate of drug-likeness (QED) is 0.0212. The van der Waals surface area contributed by atoms with Gasteiger partial charge in [-0.15, -0.1) is 0 Å². The Kier molecular flexibility index (Phi) is 50.4. The van der Waals surface area contributed by atoms with E-state index in [0.717, 1.165) is 64.2 Å². The monoisotopic (exact) mass is 1020 g/mol. The zero-order valence-corrected chi connectivity index (χ0v) is 48.6. The highest BCUT2D eigenvalue weighted by atomic mass is 31.2. The predicted molar refractivity (Wildman–Crippen MR) is 303 cm³/mol. The van der Waals surface area contributed by atoms with E-state index in [2.05, 4.69) is 50.4 Å². The number of amides is 1. The second-order valence-electron chi connectivity index (χ2n) is 21.9. The fraction of sp³-hybridized carbons (Fsp3) is 0.869. The van der Waals surface area contributed by atoms with Crippen molar-refractivity contribution in [2.75, 3.05) is 40.9 Å². The smallest absolute Gasteiger partial charge is 0.306 e. The van der Waals surface area contributed by atoms with E-state index in [4.69, 9.17) is 13.8 Å². The molecule has 0 saturated heterocycles. The molecule has 9 nitrogen and oxygen atoms in total. The summed E-state index contributed by atoms with van der Waals surface area (Å²) in [5.74, 6) is -0.534. The zero-order valence-electron chi connectivity index (χ0n) is 47.7. The van der Waals surface area contributed by atoms with Crippen LogP contribution in [0.1, 0.15) is 290 Å². The van der Waals surface area contributed by atoms with Crippen LogP contribution in [0.4, 0.5) is 0 Å². The second kappa shape index (κ2) is 51.7. The number of likely N-dealkylation sites (N-methyl/N-ethyl adjacent to an activating group) is 1. The number of nitrogens with one attached hydrogen (secondary N) is 1. The first-order valence-corrected chi connectivity index (χ1v) is 31.8. The maximum absolute atomic E-state index is 13.5. The number of allylic oxidation sites excluding steroid dienone is 5. The molecule has 3 atom stereocenters. The molecule has 0 aliphatic carbocycles. The lowest BCUT2D eigenvalue weighted by Gasteiger charge is -2.30. The standard InChI is InChI=1S/C61H117N2O7P/c1-7-10-13-16-19-22-25-28-29-30-31-32-33-36-39-42-45-48-51-54-61(65)70-59(52-49-46-43-40-37-34-26-23-20-17-14-11-8-2)58(57-69-71(66,67)68-56-55-63(4,5)6)62-60(64)53-50-47-44-41-38-35-27-24-21-18-15-12-9-3/h19,22,28-29,49,52,58-59H,7-18,20-21,23-27,30-48,50-51,53-57H2,1-6H3,(H-,62,64,66,67)/b22-19-,29-28-,52-49+. The zero-order chi connectivity index (χ0) is 52.2. The van der Waals surface area contributed by atoms with Gasteiger partial charge in [-0.2, -0.15) is 0 Å². The summed E-state index contributed by atoms with van der Waals surface area (Å²) < 4.78 is 30.3. The first-order chi connectivity index (χ1) is 34.4. The fourth-order valence-corrected chi connectivity index (χ4v) is 9.57. The number of ether oxygens (including phenoxy) is 1. The number of hydrogen-bond acceptors (Lipinski definition) is 7. The molecule has 1 N–H and O–H groups in total. The van der Waals surface area contributed by atoms with E-state index in [0.29, 0.717) is 17.4 Å².